The zero-order valence-electron chi connectivity index (χ0n) is 9.03. The molecule has 0 spiro atoms. The van der Waals surface area contributed by atoms with Crippen LogP contribution >= 0.6 is 0 Å². The first kappa shape index (κ1) is 10.3. The van der Waals surface area contributed by atoms with Gasteiger partial charge in [0.1, 0.15) is 6.07 Å². The van der Waals surface area contributed by atoms with E-state index in [2.05, 4.69) is 11.4 Å². The summed E-state index contributed by atoms with van der Waals surface area (Å²) in [5.41, 5.74) is 3.61. The fourth-order valence-corrected chi connectivity index (χ4v) is 1.55. The van der Waals surface area contributed by atoms with Gasteiger partial charge < -0.3 is 9.73 Å². The Morgan fingerprint density at radius 2 is 2.25 bits per heavy atom. The van der Waals surface area contributed by atoms with Crippen molar-refractivity contribution >= 4 is 5.69 Å². The van der Waals surface area contributed by atoms with Gasteiger partial charge in [-0.25, -0.2) is 0 Å². The van der Waals surface area contributed by atoms with Crippen LogP contribution in [0.15, 0.2) is 41.2 Å². The number of anilines is 1. The molecule has 0 saturated carbocycles. The molecule has 80 valence electrons. The monoisotopic (exact) mass is 212 g/mol. The maximum Gasteiger partial charge on any atom is 0.102 e. The van der Waals surface area contributed by atoms with E-state index in [1.54, 1.807) is 12.5 Å². The van der Waals surface area contributed by atoms with Crippen LogP contribution < -0.4 is 5.32 Å². The SMILES string of the molecule is Cc1cccc(NCc2ccoc2)c1C#N. The molecular formula is C13H12N2O. The smallest absolute Gasteiger partial charge is 0.102 e. The third kappa shape index (κ3) is 2.06. The highest BCUT2D eigenvalue weighted by atomic mass is 16.3. The number of rotatable bonds is 3. The Morgan fingerprint density at radius 1 is 1.38 bits per heavy atom. The molecule has 0 bridgehead atoms. The molecule has 1 aromatic carbocycles. The molecule has 0 amide bonds. The van der Waals surface area contributed by atoms with Gasteiger partial charge in [-0.1, -0.05) is 12.1 Å². The highest BCUT2D eigenvalue weighted by Crippen LogP contribution is 2.19. The summed E-state index contributed by atoms with van der Waals surface area (Å²) in [6, 6.07) is 9.88. The molecule has 2 aromatic rings. The topological polar surface area (TPSA) is 49.0 Å². The van der Waals surface area contributed by atoms with Gasteiger partial charge in [0.2, 0.25) is 0 Å². The summed E-state index contributed by atoms with van der Waals surface area (Å²) in [5, 5.41) is 12.3. The van der Waals surface area contributed by atoms with E-state index in [-0.39, 0.29) is 0 Å². The van der Waals surface area contributed by atoms with Gasteiger partial charge in [0.05, 0.1) is 23.8 Å². The number of aryl methyl sites for hydroxylation is 1. The van der Waals surface area contributed by atoms with Gasteiger partial charge in [-0.3, -0.25) is 0 Å². The average molecular weight is 212 g/mol. The number of nitrogens with one attached hydrogen (secondary N) is 1. The van der Waals surface area contributed by atoms with E-state index in [9.17, 15) is 0 Å². The van der Waals surface area contributed by atoms with Gasteiger partial charge in [-0.15, -0.1) is 0 Å². The van der Waals surface area contributed by atoms with Crippen molar-refractivity contribution in [2.45, 2.75) is 13.5 Å². The van der Waals surface area contributed by atoms with Crippen molar-refractivity contribution in [1.29, 1.82) is 5.26 Å². The Hall–Kier alpha value is -2.21. The molecule has 0 unspecified atom stereocenters. The molecule has 16 heavy (non-hydrogen) atoms. The maximum absolute atomic E-state index is 9.05. The normalized spacial score (nSPS) is 9.75. The molecule has 1 heterocycles. The highest BCUT2D eigenvalue weighted by Gasteiger charge is 2.04. The fraction of sp³-hybridized carbons (Fsp3) is 0.154. The predicted octanol–water partition coefficient (Wildman–Crippen LogP) is 3.07. The zero-order valence-corrected chi connectivity index (χ0v) is 9.03. The Labute approximate surface area is 94.3 Å². The second-order valence-corrected chi connectivity index (χ2v) is 3.59. The number of furan rings is 1. The molecular weight excluding hydrogens is 200 g/mol. The van der Waals surface area contributed by atoms with Crippen molar-refractivity contribution in [3.05, 3.63) is 53.5 Å². The molecule has 0 aliphatic heterocycles. The standard InChI is InChI=1S/C13H12N2O/c1-10-3-2-4-13(12(10)7-14)15-8-11-5-6-16-9-11/h2-6,9,15H,8H2,1H3. The summed E-state index contributed by atoms with van der Waals surface area (Å²) in [6.07, 6.45) is 3.33. The average Bonchev–Trinajstić information content (AvgIpc) is 2.79. The molecule has 1 aromatic heterocycles. The van der Waals surface area contributed by atoms with Crippen molar-refractivity contribution < 1.29 is 4.42 Å². The lowest BCUT2D eigenvalue weighted by Crippen LogP contribution is -2.01. The number of hydrogen-bond acceptors (Lipinski definition) is 3. The summed E-state index contributed by atoms with van der Waals surface area (Å²) in [6.45, 7) is 2.59. The predicted molar refractivity (Wildman–Crippen MR) is 61.9 cm³/mol. The van der Waals surface area contributed by atoms with E-state index < -0.39 is 0 Å². The van der Waals surface area contributed by atoms with Crippen LogP contribution in [-0.4, -0.2) is 0 Å². The quantitative estimate of drug-likeness (QED) is 0.850. The first-order valence-corrected chi connectivity index (χ1v) is 5.06. The van der Waals surface area contributed by atoms with Gasteiger partial charge >= 0.3 is 0 Å². The van der Waals surface area contributed by atoms with Crippen LogP contribution in [0.1, 0.15) is 16.7 Å². The third-order valence-electron chi connectivity index (χ3n) is 2.45. The van der Waals surface area contributed by atoms with Crippen molar-refractivity contribution in [3.63, 3.8) is 0 Å². The third-order valence-corrected chi connectivity index (χ3v) is 2.45. The van der Waals surface area contributed by atoms with E-state index in [1.165, 1.54) is 0 Å². The summed E-state index contributed by atoms with van der Waals surface area (Å²) in [4.78, 5) is 0. The van der Waals surface area contributed by atoms with Crippen LogP contribution in [0, 0.1) is 18.3 Å². The van der Waals surface area contributed by atoms with Crippen molar-refractivity contribution in [2.75, 3.05) is 5.32 Å². The van der Waals surface area contributed by atoms with Crippen LogP contribution in [0.2, 0.25) is 0 Å². The van der Waals surface area contributed by atoms with Crippen LogP contribution in [0.5, 0.6) is 0 Å². The van der Waals surface area contributed by atoms with Gasteiger partial charge in [0, 0.05) is 12.1 Å². The van der Waals surface area contributed by atoms with Gasteiger partial charge in [0.25, 0.3) is 0 Å². The Morgan fingerprint density at radius 3 is 2.94 bits per heavy atom. The van der Waals surface area contributed by atoms with E-state index in [1.807, 2.05) is 31.2 Å². The minimum atomic E-state index is 0.661. The zero-order chi connectivity index (χ0) is 11.4. The molecule has 0 saturated heterocycles. The van der Waals surface area contributed by atoms with E-state index >= 15 is 0 Å². The van der Waals surface area contributed by atoms with Crippen molar-refractivity contribution in [1.82, 2.24) is 0 Å². The largest absolute Gasteiger partial charge is 0.472 e. The van der Waals surface area contributed by atoms with E-state index in [4.69, 9.17) is 9.68 Å². The lowest BCUT2D eigenvalue weighted by Gasteiger charge is -2.08. The summed E-state index contributed by atoms with van der Waals surface area (Å²) in [7, 11) is 0. The van der Waals surface area contributed by atoms with E-state index in [0.29, 0.717) is 12.1 Å². The minimum absolute atomic E-state index is 0.661. The minimum Gasteiger partial charge on any atom is -0.472 e. The Kier molecular flexibility index (Phi) is 2.93. The first-order chi connectivity index (χ1) is 7.81. The maximum atomic E-state index is 9.05. The molecule has 3 nitrogen and oxygen atoms in total. The number of nitrogens with zero attached hydrogens (tertiary/aromatic N) is 1. The van der Waals surface area contributed by atoms with Gasteiger partial charge in [-0.2, -0.15) is 5.26 Å². The summed E-state index contributed by atoms with van der Waals surface area (Å²) in [5.74, 6) is 0. The number of benzene rings is 1. The van der Waals surface area contributed by atoms with Gasteiger partial charge in [-0.05, 0) is 24.6 Å². The molecule has 0 aliphatic rings. The molecule has 2 rings (SSSR count). The van der Waals surface area contributed by atoms with Crippen LogP contribution in [0.4, 0.5) is 5.69 Å². The van der Waals surface area contributed by atoms with Crippen LogP contribution in [0.25, 0.3) is 0 Å². The van der Waals surface area contributed by atoms with Crippen LogP contribution in [-0.2, 0) is 6.54 Å². The second kappa shape index (κ2) is 4.54. The lowest BCUT2D eigenvalue weighted by atomic mass is 10.1. The van der Waals surface area contributed by atoms with Crippen molar-refractivity contribution in [3.8, 4) is 6.07 Å². The lowest BCUT2D eigenvalue weighted by molar-refractivity contribution is 0.564. The molecule has 1 N–H and O–H groups in total. The molecule has 0 aliphatic carbocycles. The van der Waals surface area contributed by atoms with Crippen LogP contribution in [0.3, 0.4) is 0 Å². The summed E-state index contributed by atoms with van der Waals surface area (Å²) < 4.78 is 4.98. The summed E-state index contributed by atoms with van der Waals surface area (Å²) >= 11 is 0. The first-order valence-electron chi connectivity index (χ1n) is 5.06. The molecule has 0 radical (unpaired) electrons. The van der Waals surface area contributed by atoms with E-state index in [0.717, 1.165) is 16.8 Å². The molecule has 3 heteroatoms. The Balaban J connectivity index is 2.16. The van der Waals surface area contributed by atoms with Crippen molar-refractivity contribution in [2.24, 2.45) is 0 Å². The Bertz CT molecular complexity index is 509. The number of nitriles is 1. The highest BCUT2D eigenvalue weighted by molar-refractivity contribution is 5.60. The molecule has 0 fully saturated rings. The second-order valence-electron chi connectivity index (χ2n) is 3.59. The van der Waals surface area contributed by atoms with Gasteiger partial charge in [0.15, 0.2) is 0 Å². The molecule has 0 atom stereocenters. The fourth-order valence-electron chi connectivity index (χ4n) is 1.55. The number of hydrogen-bond donors (Lipinski definition) is 1.